The lowest BCUT2D eigenvalue weighted by Gasteiger charge is -2.19. The molecule has 0 saturated heterocycles. The summed E-state index contributed by atoms with van der Waals surface area (Å²) in [5.41, 5.74) is 0.398. The minimum absolute atomic E-state index is 0.290. The van der Waals surface area contributed by atoms with Crippen molar-refractivity contribution in [3.05, 3.63) is 42.0 Å². The fourth-order valence-electron chi connectivity index (χ4n) is 2.05. The molecule has 0 radical (unpaired) electrons. The Kier molecular flexibility index (Phi) is 6.07. The van der Waals surface area contributed by atoms with E-state index in [-0.39, 0.29) is 6.61 Å². The number of hydrogen-bond acceptors (Lipinski definition) is 5. The fourth-order valence-corrected chi connectivity index (χ4v) is 5.51. The Hall–Kier alpha value is -1.29. The van der Waals surface area contributed by atoms with E-state index in [2.05, 4.69) is 0 Å². The van der Waals surface area contributed by atoms with Crippen LogP contribution in [0.15, 0.2) is 36.4 Å². The van der Waals surface area contributed by atoms with Crippen LogP contribution in [0.5, 0.6) is 5.75 Å². The Morgan fingerprint density at radius 1 is 1.18 bits per heavy atom. The maximum atomic E-state index is 12.7. The Balaban J connectivity index is 2.40. The maximum Gasteiger partial charge on any atom is 0.440 e. The highest BCUT2D eigenvalue weighted by molar-refractivity contribution is 8.55. The predicted molar refractivity (Wildman–Crippen MR) is 91.9 cm³/mol. The summed E-state index contributed by atoms with van der Waals surface area (Å²) in [6.45, 7) is 0.735. The first-order chi connectivity index (χ1) is 10.6. The van der Waals surface area contributed by atoms with Crippen LogP contribution in [0.2, 0.25) is 0 Å². The van der Waals surface area contributed by atoms with Crippen LogP contribution in [-0.2, 0) is 9.09 Å². The van der Waals surface area contributed by atoms with E-state index in [0.29, 0.717) is 17.1 Å². The van der Waals surface area contributed by atoms with Gasteiger partial charge in [-0.25, -0.2) is 4.57 Å². The molecule has 0 aliphatic heterocycles. The van der Waals surface area contributed by atoms with Gasteiger partial charge in [-0.1, -0.05) is 37.3 Å². The van der Waals surface area contributed by atoms with Crippen LogP contribution in [0.3, 0.4) is 0 Å². The van der Waals surface area contributed by atoms with Crippen LogP contribution >= 0.6 is 18.2 Å². The van der Waals surface area contributed by atoms with Gasteiger partial charge in [0.05, 0.1) is 12.2 Å². The van der Waals surface area contributed by atoms with Gasteiger partial charge in [-0.05, 0) is 41.6 Å². The zero-order chi connectivity index (χ0) is 16.0. The van der Waals surface area contributed by atoms with Crippen molar-refractivity contribution >= 4 is 35.2 Å². The summed E-state index contributed by atoms with van der Waals surface area (Å²) in [5.74, 6) is 0.968. The lowest BCUT2D eigenvalue weighted by molar-refractivity contribution is 0.112. The molecule has 0 aromatic heterocycles. The third-order valence-electron chi connectivity index (χ3n) is 3.00. The number of hydrogen-bond donors (Lipinski definition) is 0. The fraction of sp³-hybridized carbons (Fsp3) is 0.312. The van der Waals surface area contributed by atoms with E-state index in [1.807, 2.05) is 37.3 Å². The number of carbonyl (C=O) groups excluding carboxylic acids is 1. The molecule has 1 unspecified atom stereocenters. The Morgan fingerprint density at radius 3 is 2.64 bits per heavy atom. The molecule has 0 aliphatic carbocycles. The van der Waals surface area contributed by atoms with Crippen LogP contribution in [0.4, 0.5) is 0 Å². The smallest absolute Gasteiger partial charge is 0.416 e. The molecule has 2 aromatic rings. The van der Waals surface area contributed by atoms with E-state index in [0.717, 1.165) is 34.9 Å². The number of benzene rings is 2. The second-order valence-electron chi connectivity index (χ2n) is 4.61. The largest absolute Gasteiger partial charge is 0.440 e. The molecular formula is C16H19O4PS. The number of aldehydes is 1. The summed E-state index contributed by atoms with van der Waals surface area (Å²) in [4.78, 5) is 11.5. The zero-order valence-corrected chi connectivity index (χ0v) is 14.4. The minimum atomic E-state index is -3.32. The topological polar surface area (TPSA) is 52.6 Å². The highest BCUT2D eigenvalue weighted by Crippen LogP contribution is 2.60. The summed E-state index contributed by atoms with van der Waals surface area (Å²) in [6, 6.07) is 11.0. The van der Waals surface area contributed by atoms with E-state index in [4.69, 9.17) is 9.05 Å². The Morgan fingerprint density at radius 2 is 1.95 bits per heavy atom. The van der Waals surface area contributed by atoms with Crippen molar-refractivity contribution in [1.82, 2.24) is 0 Å². The number of rotatable bonds is 8. The van der Waals surface area contributed by atoms with E-state index >= 15 is 0 Å². The van der Waals surface area contributed by atoms with E-state index in [1.54, 1.807) is 13.0 Å². The summed E-state index contributed by atoms with van der Waals surface area (Å²) in [5, 5.41) is 1.71. The Labute approximate surface area is 134 Å². The van der Waals surface area contributed by atoms with Gasteiger partial charge in [-0.3, -0.25) is 9.32 Å². The summed E-state index contributed by atoms with van der Waals surface area (Å²) >= 11 is 1.16. The van der Waals surface area contributed by atoms with Gasteiger partial charge in [0.15, 0.2) is 6.29 Å². The molecule has 1 atom stereocenters. The van der Waals surface area contributed by atoms with Gasteiger partial charge in [-0.15, -0.1) is 0 Å². The highest BCUT2D eigenvalue weighted by atomic mass is 32.7. The van der Waals surface area contributed by atoms with E-state index in [1.165, 1.54) is 0 Å². The van der Waals surface area contributed by atoms with Crippen molar-refractivity contribution in [3.8, 4) is 5.75 Å². The average Bonchev–Trinajstić information content (AvgIpc) is 2.53. The van der Waals surface area contributed by atoms with E-state index in [9.17, 15) is 9.36 Å². The molecule has 6 heteroatoms. The summed E-state index contributed by atoms with van der Waals surface area (Å²) < 4.78 is 23.7. The summed E-state index contributed by atoms with van der Waals surface area (Å²) in [6.07, 6.45) is 1.60. The molecule has 22 heavy (non-hydrogen) atoms. The Bertz CT molecular complexity index is 702. The second kappa shape index (κ2) is 7.82. The van der Waals surface area contributed by atoms with Gasteiger partial charge in [0.2, 0.25) is 0 Å². The number of carbonyl (C=O) groups is 1. The first-order valence-electron chi connectivity index (χ1n) is 7.19. The molecule has 0 saturated carbocycles. The van der Waals surface area contributed by atoms with Gasteiger partial charge in [0, 0.05) is 5.75 Å². The standard InChI is InChI=1S/C16H19O4PS/c1-3-11-22-21(18,19-4-2)20-16-10-9-13-7-5-6-8-14(13)15(16)12-17/h5-10,12H,3-4,11H2,1-2H3. The maximum absolute atomic E-state index is 12.7. The third-order valence-corrected chi connectivity index (χ3v) is 6.94. The molecule has 2 aromatic carbocycles. The third kappa shape index (κ3) is 3.92. The van der Waals surface area contributed by atoms with Crippen molar-refractivity contribution in [3.63, 3.8) is 0 Å². The molecule has 0 aliphatic rings. The lowest BCUT2D eigenvalue weighted by Crippen LogP contribution is -1.99. The molecule has 0 fully saturated rings. The van der Waals surface area contributed by atoms with Crippen molar-refractivity contribution in [2.75, 3.05) is 12.4 Å². The molecule has 2 rings (SSSR count). The van der Waals surface area contributed by atoms with Gasteiger partial charge < -0.3 is 4.52 Å². The quantitative estimate of drug-likeness (QED) is 0.482. The zero-order valence-electron chi connectivity index (χ0n) is 12.7. The normalized spacial score (nSPS) is 13.7. The molecular weight excluding hydrogens is 319 g/mol. The SMILES string of the molecule is CCCSP(=O)(OCC)Oc1ccc2ccccc2c1C=O. The monoisotopic (exact) mass is 338 g/mol. The van der Waals surface area contributed by atoms with Crippen LogP contribution in [-0.4, -0.2) is 18.6 Å². The van der Waals surface area contributed by atoms with Gasteiger partial charge in [0.1, 0.15) is 5.75 Å². The molecule has 0 spiro atoms. The average molecular weight is 338 g/mol. The van der Waals surface area contributed by atoms with E-state index < -0.39 is 6.80 Å². The molecule has 0 bridgehead atoms. The molecule has 0 heterocycles. The molecule has 118 valence electrons. The first kappa shape index (κ1) is 17.1. The minimum Gasteiger partial charge on any atom is -0.416 e. The molecule has 4 nitrogen and oxygen atoms in total. The predicted octanol–water partition coefficient (Wildman–Crippen LogP) is 5.32. The van der Waals surface area contributed by atoms with Crippen LogP contribution in [0.1, 0.15) is 30.6 Å². The lowest BCUT2D eigenvalue weighted by atomic mass is 10.0. The second-order valence-corrected chi connectivity index (χ2v) is 8.72. The van der Waals surface area contributed by atoms with Gasteiger partial charge in [-0.2, -0.15) is 0 Å². The van der Waals surface area contributed by atoms with Crippen molar-refractivity contribution < 1.29 is 18.4 Å². The van der Waals surface area contributed by atoms with Gasteiger partial charge in [0.25, 0.3) is 0 Å². The molecule has 0 amide bonds. The molecule has 0 N–H and O–H groups in total. The van der Waals surface area contributed by atoms with Crippen molar-refractivity contribution in [1.29, 1.82) is 0 Å². The highest BCUT2D eigenvalue weighted by Gasteiger charge is 2.28. The van der Waals surface area contributed by atoms with Gasteiger partial charge >= 0.3 is 6.80 Å². The van der Waals surface area contributed by atoms with Crippen LogP contribution < -0.4 is 4.52 Å². The van der Waals surface area contributed by atoms with Crippen molar-refractivity contribution in [2.45, 2.75) is 20.3 Å². The number of fused-ring (bicyclic) bond motifs is 1. The summed E-state index contributed by atoms with van der Waals surface area (Å²) in [7, 11) is 0. The van der Waals surface area contributed by atoms with Crippen LogP contribution in [0, 0.1) is 0 Å². The first-order valence-corrected chi connectivity index (χ1v) is 10.3. The van der Waals surface area contributed by atoms with Crippen molar-refractivity contribution in [2.24, 2.45) is 0 Å². The van der Waals surface area contributed by atoms with Crippen LogP contribution in [0.25, 0.3) is 10.8 Å².